The summed E-state index contributed by atoms with van der Waals surface area (Å²) in [6.07, 6.45) is 4.29. The Morgan fingerprint density at radius 2 is 2.15 bits per heavy atom. The summed E-state index contributed by atoms with van der Waals surface area (Å²) in [5.41, 5.74) is 2.77. The molecule has 1 saturated heterocycles. The minimum absolute atomic E-state index is 0.0728. The number of likely N-dealkylation sites (tertiary alicyclic amines) is 1. The van der Waals surface area contributed by atoms with Crippen molar-refractivity contribution in [1.82, 2.24) is 19.9 Å². The Kier molecular flexibility index (Phi) is 4.32. The standard InChI is InChI=1S/C20H23N5O/c1-13-5-3-6-16-18(13)19(23-12-22-16)24-15-8-10-25(11-14(15)2)20(26)17-7-4-9-21-17/h3-7,9,12,14-15,21H,8,10-11H2,1-2H3,(H,22,23,24). The number of piperidine rings is 1. The normalized spacial score (nSPS) is 20.3. The van der Waals surface area contributed by atoms with Crippen molar-refractivity contribution in [3.63, 3.8) is 0 Å². The van der Waals surface area contributed by atoms with Gasteiger partial charge in [-0.1, -0.05) is 19.1 Å². The van der Waals surface area contributed by atoms with Crippen molar-refractivity contribution in [1.29, 1.82) is 0 Å². The quantitative estimate of drug-likeness (QED) is 0.761. The molecule has 1 fully saturated rings. The molecule has 2 N–H and O–H groups in total. The summed E-state index contributed by atoms with van der Waals surface area (Å²) in [7, 11) is 0. The molecular formula is C20H23N5O. The fraction of sp³-hybridized carbons (Fsp3) is 0.350. The van der Waals surface area contributed by atoms with Crippen molar-refractivity contribution in [2.24, 2.45) is 5.92 Å². The smallest absolute Gasteiger partial charge is 0.270 e. The molecule has 3 heterocycles. The highest BCUT2D eigenvalue weighted by atomic mass is 16.2. The Morgan fingerprint density at radius 1 is 1.27 bits per heavy atom. The van der Waals surface area contributed by atoms with E-state index in [1.165, 1.54) is 0 Å². The number of aromatic nitrogens is 3. The molecule has 3 aromatic rings. The zero-order chi connectivity index (χ0) is 18.1. The number of nitrogens with zero attached hydrogens (tertiary/aromatic N) is 3. The number of carbonyl (C=O) groups is 1. The summed E-state index contributed by atoms with van der Waals surface area (Å²) in [5.74, 6) is 1.29. The molecule has 6 heteroatoms. The molecule has 0 spiro atoms. The molecule has 26 heavy (non-hydrogen) atoms. The molecule has 2 unspecified atom stereocenters. The van der Waals surface area contributed by atoms with Crippen LogP contribution in [0.2, 0.25) is 0 Å². The number of benzene rings is 1. The molecule has 0 radical (unpaired) electrons. The van der Waals surface area contributed by atoms with Gasteiger partial charge in [-0.3, -0.25) is 4.79 Å². The number of aromatic amines is 1. The zero-order valence-corrected chi connectivity index (χ0v) is 15.1. The van der Waals surface area contributed by atoms with Gasteiger partial charge in [0.2, 0.25) is 0 Å². The third-order valence-electron chi connectivity index (χ3n) is 5.21. The first-order valence-electron chi connectivity index (χ1n) is 9.03. The van der Waals surface area contributed by atoms with Gasteiger partial charge in [0.15, 0.2) is 0 Å². The second kappa shape index (κ2) is 6.78. The fourth-order valence-corrected chi connectivity index (χ4v) is 3.74. The highest BCUT2D eigenvalue weighted by molar-refractivity contribution is 5.93. The van der Waals surface area contributed by atoms with Crippen LogP contribution in [0.4, 0.5) is 5.82 Å². The maximum absolute atomic E-state index is 12.5. The molecule has 0 bridgehead atoms. The van der Waals surface area contributed by atoms with E-state index in [0.29, 0.717) is 11.6 Å². The van der Waals surface area contributed by atoms with E-state index in [-0.39, 0.29) is 11.9 Å². The Morgan fingerprint density at radius 3 is 2.92 bits per heavy atom. The molecule has 2 atom stereocenters. The van der Waals surface area contributed by atoms with Gasteiger partial charge in [0.1, 0.15) is 17.8 Å². The van der Waals surface area contributed by atoms with E-state index >= 15 is 0 Å². The minimum atomic E-state index is 0.0728. The maximum Gasteiger partial charge on any atom is 0.270 e. The lowest BCUT2D eigenvalue weighted by atomic mass is 9.93. The van der Waals surface area contributed by atoms with E-state index in [4.69, 9.17) is 0 Å². The molecule has 1 aliphatic heterocycles. The molecule has 1 amide bonds. The number of H-pyrrole nitrogens is 1. The Hall–Kier alpha value is -2.89. The highest BCUT2D eigenvalue weighted by Crippen LogP contribution is 2.27. The summed E-state index contributed by atoms with van der Waals surface area (Å²) in [4.78, 5) is 26.3. The van der Waals surface area contributed by atoms with Crippen LogP contribution in [-0.4, -0.2) is 44.9 Å². The van der Waals surface area contributed by atoms with Gasteiger partial charge in [-0.15, -0.1) is 0 Å². The topological polar surface area (TPSA) is 73.9 Å². The summed E-state index contributed by atoms with van der Waals surface area (Å²) in [6, 6.07) is 10.1. The predicted octanol–water partition coefficient (Wildman–Crippen LogP) is 3.23. The summed E-state index contributed by atoms with van der Waals surface area (Å²) in [5, 5.41) is 4.69. The molecule has 0 saturated carbocycles. The van der Waals surface area contributed by atoms with Gasteiger partial charge < -0.3 is 15.2 Å². The molecule has 2 aromatic heterocycles. The number of hydrogen-bond donors (Lipinski definition) is 2. The van der Waals surface area contributed by atoms with Gasteiger partial charge in [-0.05, 0) is 43.0 Å². The largest absolute Gasteiger partial charge is 0.366 e. The Balaban J connectivity index is 1.50. The van der Waals surface area contributed by atoms with Gasteiger partial charge in [0, 0.05) is 30.7 Å². The second-order valence-electron chi connectivity index (χ2n) is 7.04. The van der Waals surface area contributed by atoms with Gasteiger partial charge in [0.25, 0.3) is 5.91 Å². The van der Waals surface area contributed by atoms with Crippen LogP contribution >= 0.6 is 0 Å². The van der Waals surface area contributed by atoms with Gasteiger partial charge >= 0.3 is 0 Å². The average Bonchev–Trinajstić information content (AvgIpc) is 3.18. The zero-order valence-electron chi connectivity index (χ0n) is 15.1. The first kappa shape index (κ1) is 16.6. The van der Waals surface area contributed by atoms with E-state index in [0.717, 1.165) is 41.8 Å². The first-order valence-corrected chi connectivity index (χ1v) is 9.03. The van der Waals surface area contributed by atoms with Crippen molar-refractivity contribution in [3.05, 3.63) is 54.1 Å². The fourth-order valence-electron chi connectivity index (χ4n) is 3.74. The van der Waals surface area contributed by atoms with Crippen LogP contribution in [0.3, 0.4) is 0 Å². The van der Waals surface area contributed by atoms with Crippen molar-refractivity contribution in [3.8, 4) is 0 Å². The molecule has 1 aromatic carbocycles. The highest BCUT2D eigenvalue weighted by Gasteiger charge is 2.30. The van der Waals surface area contributed by atoms with Gasteiger partial charge in [0.05, 0.1) is 5.52 Å². The van der Waals surface area contributed by atoms with E-state index < -0.39 is 0 Å². The van der Waals surface area contributed by atoms with Crippen LogP contribution in [-0.2, 0) is 0 Å². The van der Waals surface area contributed by atoms with Crippen molar-refractivity contribution >= 4 is 22.6 Å². The van der Waals surface area contributed by atoms with Gasteiger partial charge in [-0.2, -0.15) is 0 Å². The number of nitrogens with one attached hydrogen (secondary N) is 2. The lowest BCUT2D eigenvalue weighted by Gasteiger charge is -2.37. The Labute approximate surface area is 152 Å². The number of carbonyl (C=O) groups excluding carboxylic acids is 1. The molecule has 4 rings (SSSR count). The van der Waals surface area contributed by atoms with Crippen LogP contribution in [0.25, 0.3) is 10.9 Å². The van der Waals surface area contributed by atoms with E-state index in [1.807, 2.05) is 29.2 Å². The van der Waals surface area contributed by atoms with Crippen LogP contribution in [0, 0.1) is 12.8 Å². The van der Waals surface area contributed by atoms with Crippen molar-refractivity contribution in [2.75, 3.05) is 18.4 Å². The number of anilines is 1. The third kappa shape index (κ3) is 3.03. The number of fused-ring (bicyclic) bond motifs is 1. The van der Waals surface area contributed by atoms with E-state index in [1.54, 1.807) is 12.5 Å². The van der Waals surface area contributed by atoms with Crippen LogP contribution in [0.15, 0.2) is 42.9 Å². The lowest BCUT2D eigenvalue weighted by Crippen LogP contribution is -2.47. The summed E-state index contributed by atoms with van der Waals surface area (Å²) < 4.78 is 0. The predicted molar refractivity (Wildman–Crippen MR) is 102 cm³/mol. The summed E-state index contributed by atoms with van der Waals surface area (Å²) >= 11 is 0. The number of hydrogen-bond acceptors (Lipinski definition) is 4. The SMILES string of the molecule is Cc1cccc2ncnc(NC3CCN(C(=O)c4ccc[nH]4)CC3C)c12. The maximum atomic E-state index is 12.5. The van der Waals surface area contributed by atoms with Crippen LogP contribution in [0.1, 0.15) is 29.4 Å². The molecule has 1 aliphatic rings. The van der Waals surface area contributed by atoms with Crippen LogP contribution in [0.5, 0.6) is 0 Å². The third-order valence-corrected chi connectivity index (χ3v) is 5.21. The molecule has 6 nitrogen and oxygen atoms in total. The monoisotopic (exact) mass is 349 g/mol. The van der Waals surface area contributed by atoms with Crippen molar-refractivity contribution < 1.29 is 4.79 Å². The Bertz CT molecular complexity index is 916. The molecule has 134 valence electrons. The summed E-state index contributed by atoms with van der Waals surface area (Å²) in [6.45, 7) is 5.74. The lowest BCUT2D eigenvalue weighted by molar-refractivity contribution is 0.0666. The van der Waals surface area contributed by atoms with E-state index in [2.05, 4.69) is 40.2 Å². The molecular weight excluding hydrogens is 326 g/mol. The first-order chi connectivity index (χ1) is 12.6. The average molecular weight is 349 g/mol. The number of rotatable bonds is 3. The van der Waals surface area contributed by atoms with Crippen molar-refractivity contribution in [2.45, 2.75) is 26.3 Å². The number of aryl methyl sites for hydroxylation is 1. The molecule has 0 aliphatic carbocycles. The number of amides is 1. The van der Waals surface area contributed by atoms with Gasteiger partial charge in [-0.25, -0.2) is 9.97 Å². The van der Waals surface area contributed by atoms with Crippen LogP contribution < -0.4 is 5.32 Å². The van der Waals surface area contributed by atoms with E-state index in [9.17, 15) is 4.79 Å². The second-order valence-corrected chi connectivity index (χ2v) is 7.04. The minimum Gasteiger partial charge on any atom is -0.366 e.